The highest BCUT2D eigenvalue weighted by molar-refractivity contribution is 6.12. The molecule has 4 aromatic carbocycles. The largest absolute Gasteiger partial charge is 0.494 e. The molecule has 0 aliphatic heterocycles. The topological polar surface area (TPSA) is 84.9 Å². The van der Waals surface area contributed by atoms with Crippen molar-refractivity contribution in [1.29, 1.82) is 0 Å². The van der Waals surface area contributed by atoms with Gasteiger partial charge in [0.15, 0.2) is 5.78 Å². The molecule has 0 spiro atoms. The molecule has 0 aliphatic rings. The standard InChI is InChI=1S/C36H36N2O5/c1-3-34(39)38(26-28-13-6-4-7-14-28)23-12-24-43-30-21-19-27(20-22-30)25-33(36(41)42-2)37-32-18-11-10-17-31(32)35(40)29-15-8-5-9-16-29/h3-11,13-22,33,37H,1,12,23-26H2,2H3/t33-/m0/s1. The van der Waals surface area contributed by atoms with E-state index in [-0.39, 0.29) is 11.7 Å². The number of benzene rings is 4. The number of rotatable bonds is 15. The van der Waals surface area contributed by atoms with Crippen LogP contribution < -0.4 is 10.1 Å². The number of hydrogen-bond acceptors (Lipinski definition) is 6. The number of amides is 1. The maximum atomic E-state index is 13.2. The Kier molecular flexibility index (Phi) is 11.3. The maximum Gasteiger partial charge on any atom is 0.328 e. The first kappa shape index (κ1) is 30.8. The van der Waals surface area contributed by atoms with Crippen LogP contribution in [0.5, 0.6) is 5.75 Å². The third kappa shape index (κ3) is 8.91. The number of para-hydroxylation sites is 1. The van der Waals surface area contributed by atoms with Gasteiger partial charge in [0, 0.05) is 36.3 Å². The zero-order valence-corrected chi connectivity index (χ0v) is 24.3. The molecule has 0 fully saturated rings. The SMILES string of the molecule is C=CC(=O)N(CCCOc1ccc(C[C@H](Nc2ccccc2C(=O)c2ccccc2)C(=O)OC)cc1)Cc1ccccc1. The summed E-state index contributed by atoms with van der Waals surface area (Å²) in [4.78, 5) is 40.0. The first-order valence-corrected chi connectivity index (χ1v) is 14.2. The van der Waals surface area contributed by atoms with Crippen LogP contribution >= 0.6 is 0 Å². The average molecular weight is 577 g/mol. The minimum absolute atomic E-state index is 0.117. The number of carbonyl (C=O) groups excluding carboxylic acids is 3. The molecule has 1 atom stereocenters. The molecule has 4 rings (SSSR count). The van der Waals surface area contributed by atoms with Gasteiger partial charge in [-0.15, -0.1) is 0 Å². The van der Waals surface area contributed by atoms with E-state index in [9.17, 15) is 14.4 Å². The number of anilines is 1. The highest BCUT2D eigenvalue weighted by Crippen LogP contribution is 2.22. The third-order valence-electron chi connectivity index (χ3n) is 6.93. The van der Waals surface area contributed by atoms with Crippen molar-refractivity contribution >= 4 is 23.3 Å². The number of ether oxygens (including phenoxy) is 2. The summed E-state index contributed by atoms with van der Waals surface area (Å²) < 4.78 is 11.0. The van der Waals surface area contributed by atoms with E-state index in [1.54, 1.807) is 35.2 Å². The molecule has 0 saturated carbocycles. The normalized spacial score (nSPS) is 11.2. The zero-order chi connectivity index (χ0) is 30.4. The maximum absolute atomic E-state index is 13.2. The van der Waals surface area contributed by atoms with Crippen LogP contribution in [-0.4, -0.2) is 48.9 Å². The molecule has 0 heterocycles. The van der Waals surface area contributed by atoms with Gasteiger partial charge in [-0.3, -0.25) is 9.59 Å². The van der Waals surface area contributed by atoms with Gasteiger partial charge in [0.25, 0.3) is 0 Å². The van der Waals surface area contributed by atoms with Crippen LogP contribution in [0.1, 0.15) is 33.5 Å². The van der Waals surface area contributed by atoms with Crippen molar-refractivity contribution in [3.63, 3.8) is 0 Å². The van der Waals surface area contributed by atoms with Crippen LogP contribution in [0.3, 0.4) is 0 Å². The van der Waals surface area contributed by atoms with Crippen LogP contribution in [0.15, 0.2) is 122 Å². The second-order valence-electron chi connectivity index (χ2n) is 9.96. The molecule has 7 nitrogen and oxygen atoms in total. The van der Waals surface area contributed by atoms with E-state index < -0.39 is 12.0 Å². The molecule has 43 heavy (non-hydrogen) atoms. The van der Waals surface area contributed by atoms with Crippen molar-refractivity contribution in [3.05, 3.63) is 144 Å². The Balaban J connectivity index is 1.34. The molecule has 0 bridgehead atoms. The van der Waals surface area contributed by atoms with Crippen LogP contribution in [-0.2, 0) is 27.3 Å². The Labute approximate surface area is 252 Å². The molecule has 0 aromatic heterocycles. The molecule has 0 aliphatic carbocycles. The van der Waals surface area contributed by atoms with E-state index >= 15 is 0 Å². The minimum atomic E-state index is -0.709. The van der Waals surface area contributed by atoms with E-state index in [2.05, 4.69) is 11.9 Å². The Morgan fingerprint density at radius 2 is 1.49 bits per heavy atom. The summed E-state index contributed by atoms with van der Waals surface area (Å²) in [5, 5.41) is 3.23. The Hall–Kier alpha value is -5.17. The summed E-state index contributed by atoms with van der Waals surface area (Å²) in [5.41, 5.74) is 3.55. The van der Waals surface area contributed by atoms with E-state index in [1.165, 1.54) is 13.2 Å². The summed E-state index contributed by atoms with van der Waals surface area (Å²) in [7, 11) is 1.35. The molecular formula is C36H36N2O5. The van der Waals surface area contributed by atoms with Crippen LogP contribution in [0.2, 0.25) is 0 Å². The van der Waals surface area contributed by atoms with Gasteiger partial charge >= 0.3 is 5.97 Å². The lowest BCUT2D eigenvalue weighted by Gasteiger charge is -2.21. The molecule has 1 N–H and O–H groups in total. The number of nitrogens with one attached hydrogen (secondary N) is 1. The fourth-order valence-electron chi connectivity index (χ4n) is 4.68. The van der Waals surface area contributed by atoms with Gasteiger partial charge < -0.3 is 19.7 Å². The van der Waals surface area contributed by atoms with Crippen LogP contribution in [0, 0.1) is 0 Å². The quantitative estimate of drug-likeness (QED) is 0.0797. The second kappa shape index (κ2) is 15.7. The van der Waals surface area contributed by atoms with Gasteiger partial charge in [-0.05, 0) is 47.9 Å². The predicted molar refractivity (Wildman–Crippen MR) is 168 cm³/mol. The van der Waals surface area contributed by atoms with E-state index in [4.69, 9.17) is 9.47 Å². The molecule has 7 heteroatoms. The fraction of sp³-hybridized carbons (Fsp3) is 0.194. The molecule has 4 aromatic rings. The van der Waals surface area contributed by atoms with Crippen molar-refractivity contribution in [2.24, 2.45) is 0 Å². The second-order valence-corrected chi connectivity index (χ2v) is 9.96. The lowest BCUT2D eigenvalue weighted by molar-refractivity contribution is -0.141. The highest BCUT2D eigenvalue weighted by atomic mass is 16.5. The number of carbonyl (C=O) groups is 3. The van der Waals surface area contributed by atoms with Gasteiger partial charge in [0.1, 0.15) is 11.8 Å². The summed E-state index contributed by atoms with van der Waals surface area (Å²) in [6.45, 7) is 5.11. The van der Waals surface area contributed by atoms with Crippen LogP contribution in [0.4, 0.5) is 5.69 Å². The molecule has 0 radical (unpaired) electrons. The highest BCUT2D eigenvalue weighted by Gasteiger charge is 2.22. The summed E-state index contributed by atoms with van der Waals surface area (Å²) >= 11 is 0. The fourth-order valence-corrected chi connectivity index (χ4v) is 4.68. The average Bonchev–Trinajstić information content (AvgIpc) is 3.06. The van der Waals surface area contributed by atoms with Crippen molar-refractivity contribution in [2.75, 3.05) is 25.6 Å². The summed E-state index contributed by atoms with van der Waals surface area (Å²) in [6, 6.07) is 32.8. The monoisotopic (exact) mass is 576 g/mol. The lowest BCUT2D eigenvalue weighted by atomic mass is 10.00. The number of ketones is 1. The van der Waals surface area contributed by atoms with Gasteiger partial charge in [-0.1, -0.05) is 91.5 Å². The van der Waals surface area contributed by atoms with E-state index in [0.717, 1.165) is 11.1 Å². The van der Waals surface area contributed by atoms with Crippen molar-refractivity contribution in [1.82, 2.24) is 4.90 Å². The molecule has 0 saturated heterocycles. The van der Waals surface area contributed by atoms with Gasteiger partial charge in [0.2, 0.25) is 5.91 Å². The number of nitrogens with zero attached hydrogens (tertiary/aromatic N) is 1. The summed E-state index contributed by atoms with van der Waals surface area (Å²) in [6.07, 6.45) is 2.33. The van der Waals surface area contributed by atoms with Gasteiger partial charge in [-0.2, -0.15) is 0 Å². The number of esters is 1. The molecule has 0 unspecified atom stereocenters. The summed E-state index contributed by atoms with van der Waals surface area (Å²) in [5.74, 6) is 0.00565. The minimum Gasteiger partial charge on any atom is -0.494 e. The van der Waals surface area contributed by atoms with Gasteiger partial charge in [-0.25, -0.2) is 4.79 Å². The third-order valence-corrected chi connectivity index (χ3v) is 6.93. The van der Waals surface area contributed by atoms with Crippen molar-refractivity contribution < 1.29 is 23.9 Å². The Morgan fingerprint density at radius 1 is 0.837 bits per heavy atom. The Morgan fingerprint density at radius 3 is 2.16 bits per heavy atom. The van der Waals surface area contributed by atoms with Crippen molar-refractivity contribution in [2.45, 2.75) is 25.4 Å². The molecule has 1 amide bonds. The number of hydrogen-bond donors (Lipinski definition) is 1. The lowest BCUT2D eigenvalue weighted by Crippen LogP contribution is -2.33. The smallest absolute Gasteiger partial charge is 0.328 e. The number of methoxy groups -OCH3 is 1. The van der Waals surface area contributed by atoms with Crippen molar-refractivity contribution in [3.8, 4) is 5.75 Å². The Bertz CT molecular complexity index is 1500. The predicted octanol–water partition coefficient (Wildman–Crippen LogP) is 6.10. The van der Waals surface area contributed by atoms with Gasteiger partial charge in [0.05, 0.1) is 13.7 Å². The molecule has 220 valence electrons. The van der Waals surface area contributed by atoms with Crippen LogP contribution in [0.25, 0.3) is 0 Å². The first-order valence-electron chi connectivity index (χ1n) is 14.2. The molecular weight excluding hydrogens is 540 g/mol. The zero-order valence-electron chi connectivity index (χ0n) is 24.3. The van der Waals surface area contributed by atoms with E-state index in [1.807, 2.05) is 78.9 Å². The van der Waals surface area contributed by atoms with E-state index in [0.29, 0.717) is 55.1 Å². The first-order chi connectivity index (χ1) is 21.0.